The topological polar surface area (TPSA) is 212 Å². The summed E-state index contributed by atoms with van der Waals surface area (Å²) in [5, 5.41) is 0. The molecule has 0 spiro atoms. The van der Waals surface area contributed by atoms with Crippen molar-refractivity contribution in [2.45, 2.75) is 167 Å². The first-order valence-electron chi connectivity index (χ1n) is 22.2. The maximum Gasteiger partial charge on any atom is 0.344 e. The number of esters is 7. The van der Waals surface area contributed by atoms with Gasteiger partial charge in [0.05, 0.1) is 52.9 Å². The van der Waals surface area contributed by atoms with Gasteiger partial charge in [-0.15, -0.1) is 0 Å². The van der Waals surface area contributed by atoms with Crippen LogP contribution in [0.5, 0.6) is 0 Å². The predicted octanol–water partition coefficient (Wildman–Crippen LogP) is 8.08. The lowest BCUT2D eigenvalue weighted by Crippen LogP contribution is -2.15. The third-order valence-corrected chi connectivity index (χ3v) is 6.47. The van der Waals surface area contributed by atoms with Gasteiger partial charge in [-0.05, 0) is 39.0 Å². The van der Waals surface area contributed by atoms with Crippen LogP contribution in [0.15, 0.2) is 0 Å². The average Bonchev–Trinajstić information content (AvgIpc) is 3.21. The van der Waals surface area contributed by atoms with Crippen LogP contribution < -0.4 is 0 Å². The van der Waals surface area contributed by atoms with Crippen molar-refractivity contribution in [1.82, 2.24) is 0 Å². The Morgan fingerprint density at radius 1 is 0.274 bits per heavy atom. The standard InChI is InChI=1S/C11H22O2.C8H16O4.C7H12O4.C7H14O3.C7H14O2.C5H10O2/c1-3-4-5-6-7-8-9-10-13-11(2)12;1-3-10-4-5-11-6-7-12-8(2)9;1-3-4-10-7(9)5-11-6(2)8;1-3-4-9-5-6-10-7(2)8;1-3-4-5-6-9-7(2)8;1-3-4-7-5(2)6/h3-10H2,1-2H3;3-7H2,1-2H3;3-5H2,1-2H3;3-6H2,1-2H3;3-6H2,1-2H3;3-4H2,1-2H3. The summed E-state index contributed by atoms with van der Waals surface area (Å²) in [7, 11) is 0. The Hall–Kier alpha value is -3.83. The molecule has 370 valence electrons. The molecule has 17 nitrogen and oxygen atoms in total. The number of carbonyl (C=O) groups is 7. The molecule has 0 radical (unpaired) electrons. The molecule has 0 saturated carbocycles. The lowest BCUT2D eigenvalue weighted by molar-refractivity contribution is -0.157. The number of unbranched alkanes of at least 4 members (excludes halogenated alkanes) is 8. The van der Waals surface area contributed by atoms with Crippen LogP contribution in [0.25, 0.3) is 0 Å². The van der Waals surface area contributed by atoms with E-state index in [4.69, 9.17) is 23.7 Å². The number of ether oxygens (including phenoxy) is 10. The summed E-state index contributed by atoms with van der Waals surface area (Å²) in [4.78, 5) is 71.8. The normalized spacial score (nSPS) is 9.35. The van der Waals surface area contributed by atoms with Gasteiger partial charge in [0, 0.05) is 54.8 Å². The molecule has 62 heavy (non-hydrogen) atoms. The molecular weight excluding hydrogens is 812 g/mol. The highest BCUT2D eigenvalue weighted by Gasteiger charge is 2.03. The zero-order valence-corrected chi connectivity index (χ0v) is 40.8. The van der Waals surface area contributed by atoms with E-state index in [1.54, 1.807) is 0 Å². The Morgan fingerprint density at radius 3 is 0.968 bits per heavy atom. The summed E-state index contributed by atoms with van der Waals surface area (Å²) in [6.07, 6.45) is 14.8. The summed E-state index contributed by atoms with van der Waals surface area (Å²) >= 11 is 0. The summed E-state index contributed by atoms with van der Waals surface area (Å²) < 4.78 is 47.5. The van der Waals surface area contributed by atoms with Crippen LogP contribution in [-0.2, 0) is 80.9 Å². The lowest BCUT2D eigenvalue weighted by atomic mass is 10.1. The minimum Gasteiger partial charge on any atom is -0.466 e. The number of hydrogen-bond donors (Lipinski definition) is 0. The van der Waals surface area contributed by atoms with Gasteiger partial charge in [-0.1, -0.05) is 86.0 Å². The van der Waals surface area contributed by atoms with Crippen LogP contribution in [0.1, 0.15) is 167 Å². The summed E-state index contributed by atoms with van der Waals surface area (Å²) in [5.41, 5.74) is 0. The first-order valence-corrected chi connectivity index (χ1v) is 22.2. The number of hydrogen-bond acceptors (Lipinski definition) is 17. The van der Waals surface area contributed by atoms with E-state index < -0.39 is 11.9 Å². The highest BCUT2D eigenvalue weighted by Crippen LogP contribution is 2.06. The minimum atomic E-state index is -0.498. The van der Waals surface area contributed by atoms with Crippen LogP contribution in [0, 0.1) is 0 Å². The van der Waals surface area contributed by atoms with Crippen LogP contribution in [0.4, 0.5) is 0 Å². The van der Waals surface area contributed by atoms with Crippen molar-refractivity contribution in [3.8, 4) is 0 Å². The fourth-order valence-electron chi connectivity index (χ4n) is 3.61. The zero-order valence-electron chi connectivity index (χ0n) is 40.8. The van der Waals surface area contributed by atoms with Crippen LogP contribution in [0.2, 0.25) is 0 Å². The largest absolute Gasteiger partial charge is 0.466 e. The molecule has 0 N–H and O–H groups in total. The van der Waals surface area contributed by atoms with Gasteiger partial charge >= 0.3 is 41.8 Å². The summed E-state index contributed by atoms with van der Waals surface area (Å²) in [6.45, 7) is 26.5. The first-order chi connectivity index (χ1) is 29.5. The van der Waals surface area contributed by atoms with E-state index in [-0.39, 0.29) is 36.5 Å². The van der Waals surface area contributed by atoms with Crippen molar-refractivity contribution in [1.29, 1.82) is 0 Å². The minimum absolute atomic E-state index is 0.161. The van der Waals surface area contributed by atoms with E-state index >= 15 is 0 Å². The van der Waals surface area contributed by atoms with Crippen LogP contribution in [-0.4, -0.2) is 128 Å². The molecule has 0 aliphatic carbocycles. The van der Waals surface area contributed by atoms with E-state index in [2.05, 4.69) is 37.5 Å². The molecule has 0 heterocycles. The van der Waals surface area contributed by atoms with Crippen molar-refractivity contribution in [3.63, 3.8) is 0 Å². The Morgan fingerprint density at radius 2 is 0.581 bits per heavy atom. The molecule has 0 fully saturated rings. The molecule has 0 saturated heterocycles. The lowest BCUT2D eigenvalue weighted by Gasteiger charge is -2.03. The van der Waals surface area contributed by atoms with E-state index in [1.807, 2.05) is 27.7 Å². The van der Waals surface area contributed by atoms with Gasteiger partial charge in [0.25, 0.3) is 0 Å². The second-order valence-corrected chi connectivity index (χ2v) is 13.0. The predicted molar refractivity (Wildman–Crippen MR) is 237 cm³/mol. The van der Waals surface area contributed by atoms with Crippen molar-refractivity contribution in [3.05, 3.63) is 0 Å². The van der Waals surface area contributed by atoms with Gasteiger partial charge in [0.15, 0.2) is 6.61 Å². The second-order valence-electron chi connectivity index (χ2n) is 13.0. The molecule has 0 aromatic carbocycles. The Bertz CT molecular complexity index is 1010. The van der Waals surface area contributed by atoms with Gasteiger partial charge in [-0.25, -0.2) is 4.79 Å². The van der Waals surface area contributed by atoms with Crippen molar-refractivity contribution >= 4 is 41.8 Å². The van der Waals surface area contributed by atoms with Crippen molar-refractivity contribution in [2.24, 2.45) is 0 Å². The van der Waals surface area contributed by atoms with Gasteiger partial charge in [0.2, 0.25) is 0 Å². The van der Waals surface area contributed by atoms with E-state index in [1.165, 1.54) is 86.5 Å². The monoisotopic (exact) mass is 901 g/mol. The average molecular weight is 901 g/mol. The van der Waals surface area contributed by atoms with E-state index in [9.17, 15) is 33.6 Å². The Kier molecular flexibility index (Phi) is 71.9. The zero-order chi connectivity index (χ0) is 48.5. The maximum absolute atomic E-state index is 10.6. The molecule has 0 aliphatic rings. The molecular formula is C45H88O17. The maximum atomic E-state index is 10.6. The fraction of sp³-hybridized carbons (Fsp3) is 0.844. The smallest absolute Gasteiger partial charge is 0.344 e. The van der Waals surface area contributed by atoms with Gasteiger partial charge < -0.3 is 47.4 Å². The molecule has 17 heteroatoms. The Balaban J connectivity index is -0.000000153. The summed E-state index contributed by atoms with van der Waals surface area (Å²) in [6, 6.07) is 0. The first kappa shape index (κ1) is 69.9. The molecule has 0 amide bonds. The molecule has 0 aromatic heterocycles. The van der Waals surface area contributed by atoms with E-state index in [0.29, 0.717) is 72.7 Å². The molecule has 0 atom stereocenters. The third kappa shape index (κ3) is 101. The molecule has 0 unspecified atom stereocenters. The molecule has 0 bridgehead atoms. The van der Waals surface area contributed by atoms with Crippen molar-refractivity contribution < 1.29 is 80.9 Å². The van der Waals surface area contributed by atoms with E-state index in [0.717, 1.165) is 45.1 Å². The fourth-order valence-corrected chi connectivity index (χ4v) is 3.61. The summed E-state index contributed by atoms with van der Waals surface area (Å²) in [5.74, 6) is -2.03. The molecule has 0 aromatic rings. The number of carbonyl (C=O) groups excluding carboxylic acids is 7. The highest BCUT2D eigenvalue weighted by atomic mass is 16.6. The molecule has 0 aliphatic heterocycles. The SMILES string of the molecule is CCCCCCCCCOC(C)=O.CCCCCOC(C)=O.CCCOC(=O)COC(C)=O.CCCOC(C)=O.CCCOCCOC(C)=O.CCOCCOCCOC(C)=O. The highest BCUT2D eigenvalue weighted by molar-refractivity contribution is 5.75. The van der Waals surface area contributed by atoms with Crippen LogP contribution in [0.3, 0.4) is 0 Å². The second kappa shape index (κ2) is 63.8. The Labute approximate surface area is 374 Å². The van der Waals surface area contributed by atoms with Gasteiger partial charge in [-0.3, -0.25) is 28.8 Å². The van der Waals surface area contributed by atoms with Gasteiger partial charge in [-0.2, -0.15) is 0 Å². The third-order valence-electron chi connectivity index (χ3n) is 6.47. The number of rotatable bonds is 30. The molecule has 0 rings (SSSR count). The van der Waals surface area contributed by atoms with Crippen LogP contribution >= 0.6 is 0 Å². The van der Waals surface area contributed by atoms with Gasteiger partial charge in [0.1, 0.15) is 13.2 Å². The quantitative estimate of drug-likeness (QED) is 0.0379. The van der Waals surface area contributed by atoms with Crippen molar-refractivity contribution in [2.75, 3.05) is 85.9 Å².